The van der Waals surface area contributed by atoms with E-state index in [2.05, 4.69) is 82.8 Å². The first-order chi connectivity index (χ1) is 16.9. The first-order valence-electron chi connectivity index (χ1n) is 11.6. The highest BCUT2D eigenvalue weighted by molar-refractivity contribution is 7.16. The van der Waals surface area contributed by atoms with Gasteiger partial charge in [0.1, 0.15) is 4.83 Å². The third kappa shape index (κ3) is 3.03. The second-order valence-corrected chi connectivity index (χ2v) is 9.50. The Balaban J connectivity index is 1.48. The first-order valence-corrected chi connectivity index (χ1v) is 12.4. The molecule has 0 saturated heterocycles. The summed E-state index contributed by atoms with van der Waals surface area (Å²) in [6.45, 7) is 0. The molecule has 1 aliphatic rings. The van der Waals surface area contributed by atoms with Gasteiger partial charge in [-0.15, -0.1) is 11.3 Å². The number of rotatable bonds is 3. The summed E-state index contributed by atoms with van der Waals surface area (Å²) in [5, 5.41) is 3.57. The summed E-state index contributed by atoms with van der Waals surface area (Å²) in [6, 6.07) is 29.4. The lowest BCUT2D eigenvalue weighted by Gasteiger charge is -2.14. The quantitative estimate of drug-likeness (QED) is 0.271. The van der Waals surface area contributed by atoms with Gasteiger partial charge in [-0.2, -0.15) is 0 Å². The summed E-state index contributed by atoms with van der Waals surface area (Å²) in [5.41, 5.74) is 9.66. The van der Waals surface area contributed by atoms with Crippen LogP contribution in [0.5, 0.6) is 0 Å². The molecule has 0 amide bonds. The van der Waals surface area contributed by atoms with Gasteiger partial charge in [0.05, 0.1) is 28.1 Å². The maximum absolute atomic E-state index is 5.18. The van der Waals surface area contributed by atoms with Crippen LogP contribution in [0.25, 0.3) is 55.5 Å². The molecule has 7 rings (SSSR count). The molecule has 3 nitrogen and oxygen atoms in total. The number of aryl methyl sites for hydroxylation is 1. The molecular weight excluding hydrogens is 434 g/mol. The third-order valence-corrected chi connectivity index (χ3v) is 7.46. The van der Waals surface area contributed by atoms with Gasteiger partial charge in [0.25, 0.3) is 0 Å². The van der Waals surface area contributed by atoms with Crippen LogP contribution < -0.4 is 0 Å². The summed E-state index contributed by atoms with van der Waals surface area (Å²) < 4.78 is 2.39. The Morgan fingerprint density at radius 2 is 1.44 bits per heavy atom. The van der Waals surface area contributed by atoms with Crippen molar-refractivity contribution in [3.8, 4) is 28.2 Å². The molecule has 3 aromatic carbocycles. The Kier molecular flexibility index (Phi) is 4.45. The monoisotopic (exact) mass is 455 g/mol. The minimum atomic E-state index is 0.904. The van der Waals surface area contributed by atoms with Gasteiger partial charge in [0, 0.05) is 22.2 Å². The number of thiophene rings is 1. The Labute approximate surface area is 201 Å². The maximum Gasteiger partial charge on any atom is 0.108 e. The van der Waals surface area contributed by atoms with E-state index in [9.17, 15) is 0 Å². The molecule has 3 heterocycles. The zero-order chi connectivity index (χ0) is 22.5. The zero-order valence-corrected chi connectivity index (χ0v) is 19.3. The summed E-state index contributed by atoms with van der Waals surface area (Å²) in [7, 11) is 0. The first kappa shape index (κ1) is 19.4. The Morgan fingerprint density at radius 3 is 2.18 bits per heavy atom. The van der Waals surface area contributed by atoms with E-state index in [1.54, 1.807) is 11.3 Å². The molecule has 1 aliphatic carbocycles. The Morgan fingerprint density at radius 1 is 0.735 bits per heavy atom. The van der Waals surface area contributed by atoms with Crippen molar-refractivity contribution >= 4 is 38.7 Å². The number of hydrogen-bond donors (Lipinski definition) is 0. The average Bonchev–Trinajstić information content (AvgIpc) is 3.50. The molecule has 0 radical (unpaired) electrons. The van der Waals surface area contributed by atoms with Crippen LogP contribution in [-0.2, 0) is 6.42 Å². The number of hydrogen-bond acceptors (Lipinski definition) is 3. The van der Waals surface area contributed by atoms with Gasteiger partial charge < -0.3 is 4.57 Å². The van der Waals surface area contributed by atoms with Crippen LogP contribution in [0.2, 0.25) is 0 Å². The summed E-state index contributed by atoms with van der Waals surface area (Å²) in [4.78, 5) is 11.6. The van der Waals surface area contributed by atoms with Gasteiger partial charge in [-0.05, 0) is 54.1 Å². The van der Waals surface area contributed by atoms with Gasteiger partial charge in [0.15, 0.2) is 0 Å². The van der Waals surface area contributed by atoms with E-state index >= 15 is 0 Å². The number of fused-ring (bicyclic) bond motifs is 4. The predicted octanol–water partition coefficient (Wildman–Crippen LogP) is 7.93. The molecule has 0 saturated carbocycles. The predicted molar refractivity (Wildman–Crippen MR) is 142 cm³/mol. The fourth-order valence-electron chi connectivity index (χ4n) is 4.98. The topological polar surface area (TPSA) is 30.7 Å². The smallest absolute Gasteiger partial charge is 0.108 e. The van der Waals surface area contributed by atoms with Crippen molar-refractivity contribution in [2.45, 2.75) is 12.8 Å². The second kappa shape index (κ2) is 7.79. The molecule has 0 bridgehead atoms. The highest BCUT2D eigenvalue weighted by Crippen LogP contribution is 2.38. The van der Waals surface area contributed by atoms with Gasteiger partial charge in [-0.25, -0.2) is 9.97 Å². The van der Waals surface area contributed by atoms with E-state index in [0.717, 1.165) is 52.1 Å². The Bertz CT molecular complexity index is 1690. The van der Waals surface area contributed by atoms with Crippen molar-refractivity contribution in [1.29, 1.82) is 0 Å². The van der Waals surface area contributed by atoms with Gasteiger partial charge >= 0.3 is 0 Å². The number of allylic oxidation sites excluding steroid dienone is 1. The zero-order valence-electron chi connectivity index (χ0n) is 18.5. The standard InChI is InChI=1S/C30H21N3S/c1-3-9-20(10-4-1)28-29(21-11-5-2-6-12-21)32-26-19-22(15-16-25(26)31-28)33-27-14-8-7-13-23(27)24-17-18-34-30(24)33/h1-6,8-12,14-19H,7,13H2. The van der Waals surface area contributed by atoms with Crippen LogP contribution in [0.1, 0.15) is 17.7 Å². The van der Waals surface area contributed by atoms with Crippen LogP contribution in [0.3, 0.4) is 0 Å². The molecule has 3 aromatic heterocycles. The minimum Gasteiger partial charge on any atom is -0.301 e. The molecule has 0 atom stereocenters. The molecule has 0 unspecified atom stereocenters. The molecule has 0 spiro atoms. The molecule has 0 N–H and O–H groups in total. The number of nitrogens with zero attached hydrogens (tertiary/aromatic N) is 3. The molecule has 162 valence electrons. The number of aromatic nitrogens is 3. The Hall–Kier alpha value is -4.02. The fraction of sp³-hybridized carbons (Fsp3) is 0.0667. The van der Waals surface area contributed by atoms with E-state index in [1.807, 2.05) is 24.3 Å². The molecule has 34 heavy (non-hydrogen) atoms. The lowest BCUT2D eigenvalue weighted by molar-refractivity contribution is 0.968. The molecule has 4 heteroatoms. The van der Waals surface area contributed by atoms with Crippen molar-refractivity contribution in [1.82, 2.24) is 14.5 Å². The van der Waals surface area contributed by atoms with Crippen LogP contribution in [0, 0.1) is 0 Å². The molecule has 0 aliphatic heterocycles. The van der Waals surface area contributed by atoms with Crippen molar-refractivity contribution in [2.24, 2.45) is 0 Å². The number of benzene rings is 3. The van der Waals surface area contributed by atoms with Crippen LogP contribution in [0.4, 0.5) is 0 Å². The van der Waals surface area contributed by atoms with Crippen molar-refractivity contribution in [2.75, 3.05) is 0 Å². The SMILES string of the molecule is C1=Cc2c(c3ccsc3n2-c2ccc3nc(-c4ccccc4)c(-c4ccccc4)nc3c2)CC1. The maximum atomic E-state index is 5.18. The van der Waals surface area contributed by atoms with E-state index in [-0.39, 0.29) is 0 Å². The van der Waals surface area contributed by atoms with Crippen molar-refractivity contribution in [3.05, 3.63) is 108 Å². The van der Waals surface area contributed by atoms with E-state index in [1.165, 1.54) is 21.5 Å². The van der Waals surface area contributed by atoms with Gasteiger partial charge in [-0.1, -0.05) is 66.7 Å². The van der Waals surface area contributed by atoms with Crippen LogP contribution in [0.15, 0.2) is 96.4 Å². The molecule has 0 fully saturated rings. The second-order valence-electron chi connectivity index (χ2n) is 8.61. The molecule has 6 aromatic rings. The van der Waals surface area contributed by atoms with Gasteiger partial charge in [0.2, 0.25) is 0 Å². The fourth-order valence-corrected chi connectivity index (χ4v) is 5.94. The lowest BCUT2D eigenvalue weighted by atomic mass is 10.0. The highest BCUT2D eigenvalue weighted by Gasteiger charge is 2.20. The largest absolute Gasteiger partial charge is 0.301 e. The summed E-state index contributed by atoms with van der Waals surface area (Å²) in [5.74, 6) is 0. The molecular formula is C30H21N3S. The van der Waals surface area contributed by atoms with Crippen molar-refractivity contribution in [3.63, 3.8) is 0 Å². The van der Waals surface area contributed by atoms with Gasteiger partial charge in [-0.3, -0.25) is 0 Å². The van der Waals surface area contributed by atoms with Crippen LogP contribution in [-0.4, -0.2) is 14.5 Å². The normalized spacial score (nSPS) is 12.9. The van der Waals surface area contributed by atoms with Crippen molar-refractivity contribution < 1.29 is 0 Å². The summed E-state index contributed by atoms with van der Waals surface area (Å²) >= 11 is 1.80. The van der Waals surface area contributed by atoms with E-state index < -0.39 is 0 Å². The van der Waals surface area contributed by atoms with E-state index in [0.29, 0.717) is 0 Å². The average molecular weight is 456 g/mol. The lowest BCUT2D eigenvalue weighted by Crippen LogP contribution is -2.01. The summed E-state index contributed by atoms with van der Waals surface area (Å²) in [6.07, 6.45) is 6.75. The van der Waals surface area contributed by atoms with E-state index in [4.69, 9.17) is 9.97 Å². The highest BCUT2D eigenvalue weighted by atomic mass is 32.1. The minimum absolute atomic E-state index is 0.904. The van der Waals surface area contributed by atoms with Crippen LogP contribution >= 0.6 is 11.3 Å². The third-order valence-electron chi connectivity index (χ3n) is 6.56.